The first-order valence-electron chi connectivity index (χ1n) is 15.3. The Morgan fingerprint density at radius 3 is 2.52 bits per heavy atom. The molecule has 0 unspecified atom stereocenters. The third-order valence-corrected chi connectivity index (χ3v) is 7.60. The maximum Gasteiger partial charge on any atom is 0.347 e. The van der Waals surface area contributed by atoms with Gasteiger partial charge in [0.1, 0.15) is 17.9 Å². The number of methoxy groups -OCH3 is 1. The van der Waals surface area contributed by atoms with Gasteiger partial charge in [-0.15, -0.1) is 0 Å². The summed E-state index contributed by atoms with van der Waals surface area (Å²) >= 11 is 6.30. The van der Waals surface area contributed by atoms with Crippen molar-refractivity contribution in [3.05, 3.63) is 64.9 Å². The van der Waals surface area contributed by atoms with E-state index in [1.807, 2.05) is 20.8 Å². The summed E-state index contributed by atoms with van der Waals surface area (Å²) in [5.74, 6) is -2.28. The van der Waals surface area contributed by atoms with Gasteiger partial charge in [-0.3, -0.25) is 14.4 Å². The molecule has 11 nitrogen and oxygen atoms in total. The molecule has 1 aromatic rings. The van der Waals surface area contributed by atoms with Gasteiger partial charge in [-0.1, -0.05) is 56.7 Å². The van der Waals surface area contributed by atoms with E-state index in [-0.39, 0.29) is 37.6 Å². The van der Waals surface area contributed by atoms with Gasteiger partial charge in [0.25, 0.3) is 0 Å². The monoisotopic (exact) mass is 658 g/mol. The summed E-state index contributed by atoms with van der Waals surface area (Å²) in [6.07, 6.45) is 7.81. The third-order valence-electron chi connectivity index (χ3n) is 7.31. The van der Waals surface area contributed by atoms with Crippen molar-refractivity contribution in [2.45, 2.75) is 72.1 Å². The lowest BCUT2D eigenvalue weighted by molar-refractivity contribution is -0.178. The minimum absolute atomic E-state index is 0.00664. The molecule has 0 aromatic heterocycles. The third kappa shape index (κ3) is 12.0. The summed E-state index contributed by atoms with van der Waals surface area (Å²) in [6.45, 7) is 8.74. The van der Waals surface area contributed by atoms with Crippen LogP contribution >= 0.6 is 11.6 Å². The molecule has 2 amide bonds. The molecule has 12 heteroatoms. The van der Waals surface area contributed by atoms with Crippen LogP contribution in [0.3, 0.4) is 0 Å². The average molecular weight is 659 g/mol. The Balaban J connectivity index is 2.47. The second kappa shape index (κ2) is 18.1. The molecule has 252 valence electrons. The van der Waals surface area contributed by atoms with Gasteiger partial charge >= 0.3 is 11.9 Å². The molecule has 1 aliphatic rings. The van der Waals surface area contributed by atoms with E-state index in [1.54, 1.807) is 63.5 Å². The van der Waals surface area contributed by atoms with Crippen molar-refractivity contribution in [1.29, 1.82) is 5.41 Å². The van der Waals surface area contributed by atoms with Crippen molar-refractivity contribution < 1.29 is 33.4 Å². The summed E-state index contributed by atoms with van der Waals surface area (Å²) < 4.78 is 16.9. The first kappa shape index (κ1) is 38.1. The molecule has 1 heterocycles. The summed E-state index contributed by atoms with van der Waals surface area (Å²) in [6, 6.07) is 4.09. The van der Waals surface area contributed by atoms with Crippen LogP contribution in [0.25, 0.3) is 0 Å². The predicted octanol–water partition coefficient (Wildman–Crippen LogP) is 4.29. The number of hydrogen-bond donors (Lipinski definition) is 4. The lowest BCUT2D eigenvalue weighted by Crippen LogP contribution is -2.51. The largest absolute Gasteiger partial charge is 0.495 e. The molecule has 0 bridgehead atoms. The summed E-state index contributed by atoms with van der Waals surface area (Å²) in [5.41, 5.74) is 0.0717. The first-order valence-corrected chi connectivity index (χ1v) is 15.6. The second-order valence-electron chi connectivity index (χ2n) is 12.3. The van der Waals surface area contributed by atoms with Gasteiger partial charge in [0.05, 0.1) is 17.5 Å². The van der Waals surface area contributed by atoms with E-state index in [2.05, 4.69) is 16.0 Å². The maximum atomic E-state index is 13.4. The Bertz CT molecular complexity index is 1340. The lowest BCUT2D eigenvalue weighted by Gasteiger charge is -2.29. The molecule has 0 radical (unpaired) electrons. The highest BCUT2D eigenvalue weighted by molar-refractivity contribution is 6.32. The molecule has 0 saturated heterocycles. The number of nitrogens with one attached hydrogen (secondary N) is 4. The quantitative estimate of drug-likeness (QED) is 0.165. The highest BCUT2D eigenvalue weighted by Gasteiger charge is 2.37. The number of cyclic esters (lactones) is 2. The van der Waals surface area contributed by atoms with Crippen molar-refractivity contribution >= 4 is 41.6 Å². The summed E-state index contributed by atoms with van der Waals surface area (Å²) in [4.78, 5) is 53.2. The number of esters is 2. The van der Waals surface area contributed by atoms with Gasteiger partial charge in [-0.25, -0.2) is 4.79 Å². The Labute approximate surface area is 276 Å². The molecular weight excluding hydrogens is 612 g/mol. The van der Waals surface area contributed by atoms with E-state index in [9.17, 15) is 19.2 Å². The van der Waals surface area contributed by atoms with E-state index in [4.69, 9.17) is 31.2 Å². The highest BCUT2D eigenvalue weighted by atomic mass is 35.5. The fourth-order valence-electron chi connectivity index (χ4n) is 4.51. The molecule has 4 atom stereocenters. The minimum Gasteiger partial charge on any atom is -0.495 e. The molecular formula is C34H47ClN4O7. The topological polar surface area (TPSA) is 156 Å². The van der Waals surface area contributed by atoms with Crippen LogP contribution in [-0.4, -0.2) is 68.9 Å². The number of rotatable bonds is 10. The normalized spacial score (nSPS) is 23.2. The predicted molar refractivity (Wildman–Crippen MR) is 178 cm³/mol. The van der Waals surface area contributed by atoms with Gasteiger partial charge < -0.3 is 35.6 Å². The van der Waals surface area contributed by atoms with Gasteiger partial charge in [0, 0.05) is 50.3 Å². The molecule has 2 rings (SSSR count). The fraction of sp³-hybridized carbons (Fsp3) is 0.500. The average Bonchev–Trinajstić information content (AvgIpc) is 2.99. The van der Waals surface area contributed by atoms with Crippen LogP contribution in [0.1, 0.15) is 53.0 Å². The first-order chi connectivity index (χ1) is 21.7. The molecule has 0 saturated carbocycles. The summed E-state index contributed by atoms with van der Waals surface area (Å²) in [5, 5.41) is 16.3. The molecule has 4 N–H and O–H groups in total. The Morgan fingerprint density at radius 2 is 1.91 bits per heavy atom. The highest BCUT2D eigenvalue weighted by Crippen LogP contribution is 2.26. The lowest BCUT2D eigenvalue weighted by atomic mass is 9.93. The van der Waals surface area contributed by atoms with E-state index >= 15 is 0 Å². The standard InChI is InChI=1S/C34H47ClN4O7/c1-21(2)15-29-32(42)45-27(22(3)11-12-24(18-36)19-37-6)9-8-10-30(40)39-26(17-23-13-14-28(44-7)25(35)16-23)31(41)38-20-34(4,5)33(43)46-29/h8,10-14,16,18-19,21-22,26-27,29,36-37H,9,15,17,20H2,1-7H3,(H,38,41)(H,39,40)/b10-8+,12-11+,24-19-,36-18?/t22-,26-,27+,29+/m1/s1. The smallest absolute Gasteiger partial charge is 0.347 e. The minimum atomic E-state index is -1.21. The van der Waals surface area contributed by atoms with Gasteiger partial charge in [-0.2, -0.15) is 0 Å². The summed E-state index contributed by atoms with van der Waals surface area (Å²) in [7, 11) is 3.22. The van der Waals surface area contributed by atoms with E-state index in [0.29, 0.717) is 21.9 Å². The zero-order chi connectivity index (χ0) is 34.4. The van der Waals surface area contributed by atoms with Crippen molar-refractivity contribution in [2.24, 2.45) is 17.3 Å². The van der Waals surface area contributed by atoms with Crippen molar-refractivity contribution in [1.82, 2.24) is 16.0 Å². The maximum absolute atomic E-state index is 13.4. The van der Waals surface area contributed by atoms with Crippen molar-refractivity contribution in [3.63, 3.8) is 0 Å². The SMILES string of the molecule is CN/C=C(C=N)/C=C/[C@@H](C)[C@@H]1C/C=C/C(=O)N[C@H](Cc2ccc(OC)c(Cl)c2)C(=O)NCC(C)(C)C(=O)O[C@@H](CC(C)C)C(=O)O1. The number of carbonyl (C=O) groups is 4. The van der Waals surface area contributed by atoms with Gasteiger partial charge in [0.15, 0.2) is 6.10 Å². The van der Waals surface area contributed by atoms with Crippen LogP contribution in [0.2, 0.25) is 5.02 Å². The van der Waals surface area contributed by atoms with Crippen LogP contribution in [0.15, 0.2) is 54.3 Å². The molecule has 46 heavy (non-hydrogen) atoms. The van der Waals surface area contributed by atoms with Crippen LogP contribution in [-0.2, 0) is 35.1 Å². The molecule has 1 aliphatic heterocycles. The Hall–Kier alpha value is -4.12. The van der Waals surface area contributed by atoms with E-state index in [0.717, 1.165) is 0 Å². The molecule has 0 aliphatic carbocycles. The Morgan fingerprint density at radius 1 is 1.20 bits per heavy atom. The van der Waals surface area contributed by atoms with Crippen LogP contribution in [0, 0.1) is 22.7 Å². The van der Waals surface area contributed by atoms with Gasteiger partial charge in [-0.05, 0) is 50.0 Å². The van der Waals surface area contributed by atoms with Crippen LogP contribution in [0.5, 0.6) is 5.75 Å². The molecule has 0 spiro atoms. The number of allylic oxidation sites excluding steroid dienone is 2. The zero-order valence-corrected chi connectivity index (χ0v) is 28.4. The van der Waals surface area contributed by atoms with Crippen LogP contribution in [0.4, 0.5) is 0 Å². The number of amides is 2. The number of benzene rings is 1. The van der Waals surface area contributed by atoms with E-state index in [1.165, 1.54) is 19.4 Å². The van der Waals surface area contributed by atoms with Crippen LogP contribution < -0.4 is 20.7 Å². The van der Waals surface area contributed by atoms with Crippen molar-refractivity contribution in [3.8, 4) is 5.75 Å². The van der Waals surface area contributed by atoms with Crippen molar-refractivity contribution in [2.75, 3.05) is 20.7 Å². The number of halogens is 1. The Kier molecular flexibility index (Phi) is 15.0. The zero-order valence-electron chi connectivity index (χ0n) is 27.6. The second-order valence-corrected chi connectivity index (χ2v) is 12.7. The molecule has 1 aromatic carbocycles. The van der Waals surface area contributed by atoms with E-state index < -0.39 is 47.4 Å². The number of carbonyl (C=O) groups excluding carboxylic acids is 4. The number of ether oxygens (including phenoxy) is 3. The van der Waals surface area contributed by atoms with Gasteiger partial charge in [0.2, 0.25) is 11.8 Å². The number of hydrogen-bond acceptors (Lipinski definition) is 9. The fourth-order valence-corrected chi connectivity index (χ4v) is 4.79. The molecule has 0 fully saturated rings.